The minimum absolute atomic E-state index is 0.0830. The van der Waals surface area contributed by atoms with Crippen LogP contribution < -0.4 is 4.72 Å². The standard InChI is InChI=1S/C12H8ClFN2O4S/c13-9-5-8(14)2-3-10(9)21(19,20)16-11-4-1-7(6-15-11)12(17)18/h1-6H,(H,15,16)(H,17,18). The van der Waals surface area contributed by atoms with E-state index in [0.29, 0.717) is 0 Å². The van der Waals surface area contributed by atoms with Crippen molar-refractivity contribution in [3.63, 3.8) is 0 Å². The lowest BCUT2D eigenvalue weighted by atomic mass is 10.3. The number of aromatic carboxylic acids is 1. The van der Waals surface area contributed by atoms with Gasteiger partial charge in [0.2, 0.25) is 0 Å². The third-order valence-corrected chi connectivity index (χ3v) is 4.27. The lowest BCUT2D eigenvalue weighted by molar-refractivity contribution is 0.0696. The number of aromatic nitrogens is 1. The Morgan fingerprint density at radius 1 is 1.29 bits per heavy atom. The fourth-order valence-electron chi connectivity index (χ4n) is 1.47. The number of sulfonamides is 1. The molecule has 0 atom stereocenters. The predicted octanol–water partition coefficient (Wildman–Crippen LogP) is 2.37. The van der Waals surface area contributed by atoms with Gasteiger partial charge in [0.1, 0.15) is 16.5 Å². The molecule has 1 aromatic carbocycles. The number of benzene rings is 1. The maximum Gasteiger partial charge on any atom is 0.337 e. The molecule has 2 N–H and O–H groups in total. The molecule has 9 heteroatoms. The van der Waals surface area contributed by atoms with Crippen molar-refractivity contribution in [1.82, 2.24) is 4.98 Å². The predicted molar refractivity (Wildman–Crippen MR) is 73.4 cm³/mol. The molecule has 0 aliphatic rings. The van der Waals surface area contributed by atoms with Crippen LogP contribution in [0.25, 0.3) is 0 Å². The summed E-state index contributed by atoms with van der Waals surface area (Å²) in [6.45, 7) is 0. The van der Waals surface area contributed by atoms with Gasteiger partial charge >= 0.3 is 5.97 Å². The van der Waals surface area contributed by atoms with Crippen molar-refractivity contribution in [1.29, 1.82) is 0 Å². The van der Waals surface area contributed by atoms with Gasteiger partial charge in [-0.05, 0) is 30.3 Å². The third kappa shape index (κ3) is 3.47. The summed E-state index contributed by atoms with van der Waals surface area (Å²) in [5.41, 5.74) is -0.0854. The minimum atomic E-state index is -4.05. The average Bonchev–Trinajstić information content (AvgIpc) is 2.38. The topological polar surface area (TPSA) is 96.4 Å². The summed E-state index contributed by atoms with van der Waals surface area (Å²) in [7, 11) is -4.05. The molecule has 1 heterocycles. The van der Waals surface area contributed by atoms with Gasteiger partial charge in [0, 0.05) is 6.20 Å². The van der Waals surface area contributed by atoms with E-state index in [1.165, 1.54) is 12.1 Å². The quantitative estimate of drug-likeness (QED) is 0.897. The molecule has 0 spiro atoms. The Hall–Kier alpha value is -2.19. The maximum absolute atomic E-state index is 12.9. The highest BCUT2D eigenvalue weighted by Gasteiger charge is 2.19. The first-order valence-corrected chi connectivity index (χ1v) is 7.33. The summed E-state index contributed by atoms with van der Waals surface area (Å²) in [5.74, 6) is -1.93. The second kappa shape index (κ2) is 5.66. The summed E-state index contributed by atoms with van der Waals surface area (Å²) in [6.07, 6.45) is 1.01. The van der Waals surface area contributed by atoms with E-state index in [2.05, 4.69) is 9.71 Å². The fraction of sp³-hybridized carbons (Fsp3) is 0. The number of hydrogen-bond donors (Lipinski definition) is 2. The molecule has 1 aromatic heterocycles. The van der Waals surface area contributed by atoms with Gasteiger partial charge in [-0.1, -0.05) is 11.6 Å². The largest absolute Gasteiger partial charge is 0.478 e. The minimum Gasteiger partial charge on any atom is -0.478 e. The van der Waals surface area contributed by atoms with Crippen LogP contribution in [0.2, 0.25) is 5.02 Å². The number of carboxylic acid groups (broad SMARTS) is 1. The van der Waals surface area contributed by atoms with Crippen molar-refractivity contribution in [2.75, 3.05) is 4.72 Å². The van der Waals surface area contributed by atoms with Crippen LogP contribution in [-0.4, -0.2) is 24.5 Å². The van der Waals surface area contributed by atoms with E-state index in [-0.39, 0.29) is 21.3 Å². The summed E-state index contributed by atoms with van der Waals surface area (Å²) in [6, 6.07) is 5.24. The van der Waals surface area contributed by atoms with Crippen molar-refractivity contribution in [2.24, 2.45) is 0 Å². The molecular formula is C12H8ClFN2O4S. The Bertz CT molecular complexity index is 793. The number of hydrogen-bond acceptors (Lipinski definition) is 4. The first kappa shape index (κ1) is 15.2. The zero-order valence-electron chi connectivity index (χ0n) is 10.2. The molecular weight excluding hydrogens is 323 g/mol. The highest BCUT2D eigenvalue weighted by atomic mass is 35.5. The van der Waals surface area contributed by atoms with Crippen LogP contribution in [0.3, 0.4) is 0 Å². The lowest BCUT2D eigenvalue weighted by Crippen LogP contribution is -2.14. The molecule has 0 fully saturated rings. The molecule has 0 aliphatic heterocycles. The van der Waals surface area contributed by atoms with Gasteiger partial charge in [0.25, 0.3) is 10.0 Å². The Morgan fingerprint density at radius 2 is 2.00 bits per heavy atom. The van der Waals surface area contributed by atoms with Gasteiger partial charge < -0.3 is 5.11 Å². The third-order valence-electron chi connectivity index (χ3n) is 2.43. The smallest absolute Gasteiger partial charge is 0.337 e. The SMILES string of the molecule is O=C(O)c1ccc(NS(=O)(=O)c2ccc(F)cc2Cl)nc1. The average molecular weight is 331 g/mol. The molecule has 2 aromatic rings. The number of carboxylic acids is 1. The van der Waals surface area contributed by atoms with E-state index in [1.54, 1.807) is 0 Å². The lowest BCUT2D eigenvalue weighted by Gasteiger charge is -2.08. The Kier molecular flexibility index (Phi) is 4.10. The van der Waals surface area contributed by atoms with Crippen LogP contribution in [0.15, 0.2) is 41.4 Å². The van der Waals surface area contributed by atoms with Gasteiger partial charge in [0.05, 0.1) is 10.6 Å². The Morgan fingerprint density at radius 3 is 2.52 bits per heavy atom. The van der Waals surface area contributed by atoms with E-state index < -0.39 is 21.8 Å². The van der Waals surface area contributed by atoms with Crippen LogP contribution in [0.5, 0.6) is 0 Å². The second-order valence-corrected chi connectivity index (χ2v) is 5.98. The number of anilines is 1. The van der Waals surface area contributed by atoms with Gasteiger partial charge in [0.15, 0.2) is 0 Å². The van der Waals surface area contributed by atoms with E-state index in [9.17, 15) is 17.6 Å². The molecule has 0 bridgehead atoms. The van der Waals surface area contributed by atoms with Crippen molar-refractivity contribution in [2.45, 2.75) is 4.90 Å². The number of halogens is 2. The number of carbonyl (C=O) groups is 1. The van der Waals surface area contributed by atoms with Crippen molar-refractivity contribution >= 4 is 33.4 Å². The Labute approximate surface area is 124 Å². The molecule has 6 nitrogen and oxygen atoms in total. The molecule has 0 amide bonds. The second-order valence-electron chi connectivity index (χ2n) is 3.92. The molecule has 0 radical (unpaired) electrons. The molecule has 0 unspecified atom stereocenters. The monoisotopic (exact) mass is 330 g/mol. The van der Waals surface area contributed by atoms with Crippen molar-refractivity contribution < 1.29 is 22.7 Å². The van der Waals surface area contributed by atoms with Gasteiger partial charge in [-0.2, -0.15) is 0 Å². The summed E-state index contributed by atoms with van der Waals surface area (Å²) in [4.78, 5) is 14.0. The van der Waals surface area contributed by atoms with Gasteiger partial charge in [-0.15, -0.1) is 0 Å². The highest BCUT2D eigenvalue weighted by Crippen LogP contribution is 2.24. The number of rotatable bonds is 4. The van der Waals surface area contributed by atoms with Crippen LogP contribution in [0, 0.1) is 5.82 Å². The summed E-state index contributed by atoms with van der Waals surface area (Å²) in [5, 5.41) is 8.44. The molecule has 2 rings (SSSR count). The molecule has 0 saturated heterocycles. The van der Waals surface area contributed by atoms with E-state index in [1.807, 2.05) is 0 Å². The molecule has 21 heavy (non-hydrogen) atoms. The zero-order chi connectivity index (χ0) is 15.6. The van der Waals surface area contributed by atoms with Crippen molar-refractivity contribution in [3.05, 3.63) is 52.9 Å². The van der Waals surface area contributed by atoms with Crippen LogP contribution in [0.4, 0.5) is 10.2 Å². The molecule has 0 aliphatic carbocycles. The van der Waals surface area contributed by atoms with Crippen molar-refractivity contribution in [3.8, 4) is 0 Å². The Balaban J connectivity index is 2.30. The van der Waals surface area contributed by atoms with Crippen LogP contribution >= 0.6 is 11.6 Å². The van der Waals surface area contributed by atoms with Gasteiger partial charge in [-0.25, -0.2) is 22.6 Å². The molecule has 110 valence electrons. The first-order valence-electron chi connectivity index (χ1n) is 5.47. The highest BCUT2D eigenvalue weighted by molar-refractivity contribution is 7.92. The zero-order valence-corrected chi connectivity index (χ0v) is 11.8. The van der Waals surface area contributed by atoms with E-state index in [4.69, 9.17) is 16.7 Å². The van der Waals surface area contributed by atoms with Crippen LogP contribution in [-0.2, 0) is 10.0 Å². The van der Waals surface area contributed by atoms with Gasteiger partial charge in [-0.3, -0.25) is 4.72 Å². The van der Waals surface area contributed by atoms with E-state index in [0.717, 1.165) is 24.4 Å². The number of nitrogens with one attached hydrogen (secondary N) is 1. The van der Waals surface area contributed by atoms with Crippen LogP contribution in [0.1, 0.15) is 10.4 Å². The van der Waals surface area contributed by atoms with E-state index >= 15 is 0 Å². The molecule has 0 saturated carbocycles. The maximum atomic E-state index is 12.9. The summed E-state index contributed by atoms with van der Waals surface area (Å²) >= 11 is 5.69. The number of nitrogens with zero attached hydrogens (tertiary/aromatic N) is 1. The normalized spacial score (nSPS) is 11.1. The number of pyridine rings is 1. The first-order chi connectivity index (χ1) is 9.79. The fourth-order valence-corrected chi connectivity index (χ4v) is 3.01. The summed E-state index contributed by atoms with van der Waals surface area (Å²) < 4.78 is 39.2.